The number of aryl methyl sites for hydroxylation is 1. The van der Waals surface area contributed by atoms with Crippen molar-refractivity contribution >= 4 is 0 Å². The maximum atomic E-state index is 3.53. The van der Waals surface area contributed by atoms with E-state index in [-0.39, 0.29) is 0 Å². The molecule has 0 aliphatic rings. The first-order chi connectivity index (χ1) is 7.81. The Bertz CT molecular complexity index is 293. The molecular formula is C15H25N. The third kappa shape index (κ3) is 3.97. The van der Waals surface area contributed by atoms with Gasteiger partial charge in [0.2, 0.25) is 0 Å². The lowest BCUT2D eigenvalue weighted by molar-refractivity contribution is 0.537. The van der Waals surface area contributed by atoms with Crippen LogP contribution in [0.4, 0.5) is 0 Å². The zero-order valence-corrected chi connectivity index (χ0v) is 10.9. The molecular weight excluding hydrogens is 194 g/mol. The van der Waals surface area contributed by atoms with Crippen LogP contribution in [0.5, 0.6) is 0 Å². The number of hydrogen-bond acceptors (Lipinski definition) is 1. The number of hydrogen-bond donors (Lipinski definition) is 1. The lowest BCUT2D eigenvalue weighted by Crippen LogP contribution is -2.20. The highest BCUT2D eigenvalue weighted by atomic mass is 14.9. The molecule has 0 aliphatic carbocycles. The van der Waals surface area contributed by atoms with Gasteiger partial charge in [0.1, 0.15) is 0 Å². The third-order valence-electron chi connectivity index (χ3n) is 3.03. The summed E-state index contributed by atoms with van der Waals surface area (Å²) in [6, 6.07) is 9.57. The number of benzene rings is 1. The summed E-state index contributed by atoms with van der Waals surface area (Å²) < 4.78 is 0. The molecule has 0 amide bonds. The first-order valence-corrected chi connectivity index (χ1v) is 6.64. The lowest BCUT2D eigenvalue weighted by atomic mass is 9.99. The van der Waals surface area contributed by atoms with E-state index in [1.807, 2.05) is 0 Å². The van der Waals surface area contributed by atoms with Gasteiger partial charge in [0.05, 0.1) is 0 Å². The average Bonchev–Trinajstić information content (AvgIpc) is 2.33. The van der Waals surface area contributed by atoms with E-state index in [1.165, 1.54) is 30.4 Å². The van der Waals surface area contributed by atoms with Gasteiger partial charge in [0, 0.05) is 6.04 Å². The fourth-order valence-corrected chi connectivity index (χ4v) is 2.09. The molecule has 1 aromatic carbocycles. The maximum Gasteiger partial charge on any atom is 0.0317 e. The fourth-order valence-electron chi connectivity index (χ4n) is 2.09. The summed E-state index contributed by atoms with van der Waals surface area (Å²) in [5.74, 6) is 0. The van der Waals surface area contributed by atoms with Crippen molar-refractivity contribution in [2.75, 3.05) is 6.54 Å². The van der Waals surface area contributed by atoms with Crippen molar-refractivity contribution in [1.29, 1.82) is 0 Å². The zero-order valence-electron chi connectivity index (χ0n) is 10.9. The maximum absolute atomic E-state index is 3.53. The molecule has 0 aliphatic heterocycles. The van der Waals surface area contributed by atoms with E-state index in [1.54, 1.807) is 0 Å². The zero-order chi connectivity index (χ0) is 11.8. The van der Waals surface area contributed by atoms with Crippen LogP contribution >= 0.6 is 0 Å². The Hall–Kier alpha value is -0.820. The number of unbranched alkanes of at least 4 members (excludes halogenated alkanes) is 1. The molecule has 1 N–H and O–H groups in total. The van der Waals surface area contributed by atoms with Crippen LogP contribution in [0.15, 0.2) is 24.3 Å². The van der Waals surface area contributed by atoms with Gasteiger partial charge in [-0.2, -0.15) is 0 Å². The Morgan fingerprint density at radius 1 is 1.19 bits per heavy atom. The molecule has 1 atom stereocenters. The third-order valence-corrected chi connectivity index (χ3v) is 3.03. The molecule has 16 heavy (non-hydrogen) atoms. The summed E-state index contributed by atoms with van der Waals surface area (Å²) in [6.07, 6.45) is 4.94. The summed E-state index contributed by atoms with van der Waals surface area (Å²) in [4.78, 5) is 0. The SMILES string of the molecule is CCCCc1cccc(C(CC)NCC)c1. The molecule has 1 heteroatoms. The fraction of sp³-hybridized carbons (Fsp3) is 0.600. The topological polar surface area (TPSA) is 12.0 Å². The predicted molar refractivity (Wildman–Crippen MR) is 71.8 cm³/mol. The first-order valence-electron chi connectivity index (χ1n) is 6.64. The van der Waals surface area contributed by atoms with Crippen LogP contribution in [0, 0.1) is 0 Å². The minimum Gasteiger partial charge on any atom is -0.310 e. The van der Waals surface area contributed by atoms with Crippen LogP contribution in [0.1, 0.15) is 57.2 Å². The summed E-state index contributed by atoms with van der Waals surface area (Å²) in [7, 11) is 0. The summed E-state index contributed by atoms with van der Waals surface area (Å²) in [5, 5.41) is 3.53. The molecule has 1 rings (SSSR count). The summed E-state index contributed by atoms with van der Waals surface area (Å²) in [5.41, 5.74) is 2.92. The van der Waals surface area contributed by atoms with E-state index in [0.29, 0.717) is 6.04 Å². The smallest absolute Gasteiger partial charge is 0.0317 e. The first kappa shape index (κ1) is 13.2. The van der Waals surface area contributed by atoms with Gasteiger partial charge >= 0.3 is 0 Å². The molecule has 1 unspecified atom stereocenters. The van der Waals surface area contributed by atoms with Crippen LogP contribution < -0.4 is 5.32 Å². The van der Waals surface area contributed by atoms with Crippen molar-refractivity contribution in [2.24, 2.45) is 0 Å². The van der Waals surface area contributed by atoms with Crippen LogP contribution in [-0.2, 0) is 6.42 Å². The van der Waals surface area contributed by atoms with Gasteiger partial charge in [-0.05, 0) is 36.9 Å². The van der Waals surface area contributed by atoms with Crippen LogP contribution in [0.2, 0.25) is 0 Å². The van der Waals surface area contributed by atoms with Crippen molar-refractivity contribution in [2.45, 2.75) is 52.5 Å². The normalized spacial score (nSPS) is 12.7. The van der Waals surface area contributed by atoms with Crippen molar-refractivity contribution in [3.63, 3.8) is 0 Å². The second-order valence-corrected chi connectivity index (χ2v) is 4.37. The Labute approximate surface area is 100 Å². The molecule has 0 bridgehead atoms. The molecule has 90 valence electrons. The van der Waals surface area contributed by atoms with Crippen LogP contribution in [-0.4, -0.2) is 6.54 Å². The van der Waals surface area contributed by atoms with Gasteiger partial charge < -0.3 is 5.32 Å². The van der Waals surface area contributed by atoms with E-state index >= 15 is 0 Å². The second kappa shape index (κ2) is 7.45. The standard InChI is InChI=1S/C15H25N/c1-4-7-9-13-10-8-11-14(12-13)15(5-2)16-6-3/h8,10-12,15-16H,4-7,9H2,1-3H3. The molecule has 1 nitrogen and oxygen atoms in total. The van der Waals surface area contributed by atoms with Gasteiger partial charge in [-0.1, -0.05) is 51.5 Å². The molecule has 0 radical (unpaired) electrons. The molecule has 0 fully saturated rings. The summed E-state index contributed by atoms with van der Waals surface area (Å²) >= 11 is 0. The Morgan fingerprint density at radius 2 is 2.00 bits per heavy atom. The number of rotatable bonds is 7. The van der Waals surface area contributed by atoms with Crippen LogP contribution in [0.25, 0.3) is 0 Å². The van der Waals surface area contributed by atoms with E-state index in [4.69, 9.17) is 0 Å². The van der Waals surface area contributed by atoms with Gasteiger partial charge in [-0.15, -0.1) is 0 Å². The molecule has 0 spiro atoms. The van der Waals surface area contributed by atoms with Gasteiger partial charge in [-0.25, -0.2) is 0 Å². The Balaban J connectivity index is 2.71. The molecule has 1 aromatic rings. The highest BCUT2D eigenvalue weighted by Gasteiger charge is 2.07. The summed E-state index contributed by atoms with van der Waals surface area (Å²) in [6.45, 7) is 7.70. The van der Waals surface area contributed by atoms with E-state index in [0.717, 1.165) is 13.0 Å². The molecule has 0 saturated heterocycles. The van der Waals surface area contributed by atoms with Crippen molar-refractivity contribution < 1.29 is 0 Å². The molecule has 0 heterocycles. The van der Waals surface area contributed by atoms with Gasteiger partial charge in [0.15, 0.2) is 0 Å². The van der Waals surface area contributed by atoms with E-state index in [9.17, 15) is 0 Å². The highest BCUT2D eigenvalue weighted by molar-refractivity contribution is 5.26. The lowest BCUT2D eigenvalue weighted by Gasteiger charge is -2.17. The predicted octanol–water partition coefficient (Wildman–Crippen LogP) is 4.09. The largest absolute Gasteiger partial charge is 0.310 e. The minimum absolute atomic E-state index is 0.520. The van der Waals surface area contributed by atoms with Crippen molar-refractivity contribution in [1.82, 2.24) is 5.32 Å². The number of nitrogens with one attached hydrogen (secondary N) is 1. The monoisotopic (exact) mass is 219 g/mol. The van der Waals surface area contributed by atoms with Crippen LogP contribution in [0.3, 0.4) is 0 Å². The van der Waals surface area contributed by atoms with Crippen molar-refractivity contribution in [3.05, 3.63) is 35.4 Å². The molecule has 0 aromatic heterocycles. The minimum atomic E-state index is 0.520. The van der Waals surface area contributed by atoms with Crippen molar-refractivity contribution in [3.8, 4) is 0 Å². The highest BCUT2D eigenvalue weighted by Crippen LogP contribution is 2.18. The van der Waals surface area contributed by atoms with Gasteiger partial charge in [0.25, 0.3) is 0 Å². The Morgan fingerprint density at radius 3 is 2.62 bits per heavy atom. The van der Waals surface area contributed by atoms with E-state index in [2.05, 4.69) is 50.4 Å². The second-order valence-electron chi connectivity index (χ2n) is 4.37. The average molecular weight is 219 g/mol. The quantitative estimate of drug-likeness (QED) is 0.728. The van der Waals surface area contributed by atoms with E-state index < -0.39 is 0 Å². The van der Waals surface area contributed by atoms with Gasteiger partial charge in [-0.3, -0.25) is 0 Å². The molecule has 0 saturated carbocycles. The Kier molecular flexibility index (Phi) is 6.17.